The van der Waals surface area contributed by atoms with E-state index in [-0.39, 0.29) is 0 Å². The van der Waals surface area contributed by atoms with Gasteiger partial charge in [-0.25, -0.2) is 0 Å². The van der Waals surface area contributed by atoms with Gasteiger partial charge in [-0.3, -0.25) is 0 Å². The molecule has 3 heteroatoms. The van der Waals surface area contributed by atoms with Crippen LogP contribution in [-0.2, 0) is 6.42 Å². The molecule has 0 aliphatic heterocycles. The highest BCUT2D eigenvalue weighted by atomic mass is 127. The molecule has 2 aromatic rings. The molecule has 0 spiro atoms. The van der Waals surface area contributed by atoms with E-state index < -0.39 is 0 Å². The fourth-order valence-electron chi connectivity index (χ4n) is 1.52. The van der Waals surface area contributed by atoms with Crippen molar-refractivity contribution in [1.82, 2.24) is 0 Å². The van der Waals surface area contributed by atoms with Crippen LogP contribution in [0.3, 0.4) is 0 Å². The summed E-state index contributed by atoms with van der Waals surface area (Å²) in [6.45, 7) is 0.684. The number of hydrogen-bond acceptors (Lipinski definition) is 2. The van der Waals surface area contributed by atoms with E-state index in [1.54, 1.807) is 0 Å². The minimum Gasteiger partial charge on any atom is -0.492 e. The Hall–Kier alpha value is -1.23. The van der Waals surface area contributed by atoms with E-state index in [0.717, 1.165) is 21.4 Å². The molecule has 0 radical (unpaired) electrons. The highest BCUT2D eigenvalue weighted by Crippen LogP contribution is 2.19. The fraction of sp³-hybridized carbons (Fsp3) is 0.143. The van der Waals surface area contributed by atoms with Gasteiger partial charge in [-0.1, -0.05) is 24.3 Å². The van der Waals surface area contributed by atoms with E-state index in [1.165, 1.54) is 5.56 Å². The van der Waals surface area contributed by atoms with Crippen molar-refractivity contribution in [3.05, 3.63) is 57.7 Å². The summed E-state index contributed by atoms with van der Waals surface area (Å²) in [5.74, 6) is 0.948. The van der Waals surface area contributed by atoms with Crippen molar-refractivity contribution in [2.45, 2.75) is 6.42 Å². The average Bonchev–Trinajstić information content (AvgIpc) is 2.34. The summed E-state index contributed by atoms with van der Waals surface area (Å²) in [5.41, 5.74) is 7.67. The van der Waals surface area contributed by atoms with Crippen molar-refractivity contribution in [2.75, 3.05) is 12.3 Å². The summed E-state index contributed by atoms with van der Waals surface area (Å²) in [5, 5.41) is 0. The summed E-state index contributed by atoms with van der Waals surface area (Å²) < 4.78 is 6.87. The molecule has 2 rings (SSSR count). The molecule has 88 valence electrons. The maximum Gasteiger partial charge on any atom is 0.132 e. The van der Waals surface area contributed by atoms with Crippen molar-refractivity contribution in [1.29, 1.82) is 0 Å². The first-order chi connectivity index (χ1) is 8.25. The number of ether oxygens (including phenoxy) is 1. The number of benzene rings is 2. The molecule has 0 saturated heterocycles. The number of anilines is 1. The monoisotopic (exact) mass is 339 g/mol. The van der Waals surface area contributed by atoms with E-state index in [1.807, 2.05) is 48.5 Å². The van der Waals surface area contributed by atoms with Gasteiger partial charge in [-0.05, 0) is 52.4 Å². The smallest absolute Gasteiger partial charge is 0.132 e. The first kappa shape index (κ1) is 12.2. The second kappa shape index (κ2) is 5.91. The maximum atomic E-state index is 5.73. The molecule has 0 unspecified atom stereocenters. The van der Waals surface area contributed by atoms with Crippen LogP contribution in [0.15, 0.2) is 48.5 Å². The number of nitrogen functional groups attached to an aromatic ring is 1. The predicted octanol–water partition coefficient (Wildman–Crippen LogP) is 3.49. The van der Waals surface area contributed by atoms with E-state index in [9.17, 15) is 0 Å². The van der Waals surface area contributed by atoms with Crippen LogP contribution in [0.2, 0.25) is 0 Å². The largest absolute Gasteiger partial charge is 0.492 e. The molecule has 0 bridgehead atoms. The van der Waals surface area contributed by atoms with Gasteiger partial charge in [0.25, 0.3) is 0 Å². The summed E-state index contributed by atoms with van der Waals surface area (Å²) >= 11 is 2.28. The van der Waals surface area contributed by atoms with Gasteiger partial charge < -0.3 is 10.5 Å². The van der Waals surface area contributed by atoms with Gasteiger partial charge in [0.05, 0.1) is 10.2 Å². The van der Waals surface area contributed by atoms with Crippen molar-refractivity contribution in [3.63, 3.8) is 0 Å². The van der Waals surface area contributed by atoms with Gasteiger partial charge in [0.2, 0.25) is 0 Å². The molecule has 0 aliphatic carbocycles. The first-order valence-electron chi connectivity index (χ1n) is 5.47. The molecule has 0 aliphatic rings. The van der Waals surface area contributed by atoms with Gasteiger partial charge in [-0.2, -0.15) is 0 Å². The summed E-state index contributed by atoms with van der Waals surface area (Å²) in [7, 11) is 0. The molecule has 0 aromatic heterocycles. The van der Waals surface area contributed by atoms with Crippen molar-refractivity contribution in [2.24, 2.45) is 0 Å². The Balaban J connectivity index is 1.88. The molecule has 2 aromatic carbocycles. The highest BCUT2D eigenvalue weighted by Gasteiger charge is 1.99. The van der Waals surface area contributed by atoms with E-state index in [0.29, 0.717) is 6.61 Å². The highest BCUT2D eigenvalue weighted by molar-refractivity contribution is 14.1. The third-order valence-electron chi connectivity index (χ3n) is 2.46. The number of nitrogens with two attached hydrogens (primary N) is 1. The zero-order valence-corrected chi connectivity index (χ0v) is 11.6. The molecule has 2 nitrogen and oxygen atoms in total. The quantitative estimate of drug-likeness (QED) is 0.684. The van der Waals surface area contributed by atoms with Crippen LogP contribution in [0, 0.1) is 3.57 Å². The Labute approximate surface area is 115 Å². The van der Waals surface area contributed by atoms with E-state index >= 15 is 0 Å². The summed E-state index contributed by atoms with van der Waals surface area (Å²) in [6, 6.07) is 15.9. The standard InChI is InChI=1S/C14H14INO/c15-13-3-1-2-4-14(13)17-10-9-11-5-7-12(16)8-6-11/h1-8H,9-10,16H2. The lowest BCUT2D eigenvalue weighted by atomic mass is 10.1. The molecule has 0 saturated carbocycles. The summed E-state index contributed by atoms with van der Waals surface area (Å²) in [6.07, 6.45) is 0.894. The number of rotatable bonds is 4. The number of hydrogen-bond donors (Lipinski definition) is 1. The second-order valence-corrected chi connectivity index (χ2v) is 4.93. The molecule has 2 N–H and O–H groups in total. The molecule has 0 atom stereocenters. The number of para-hydroxylation sites is 1. The van der Waals surface area contributed by atoms with Crippen LogP contribution in [0.4, 0.5) is 5.69 Å². The van der Waals surface area contributed by atoms with Gasteiger partial charge in [0.1, 0.15) is 5.75 Å². The van der Waals surface area contributed by atoms with Crippen molar-refractivity contribution in [3.8, 4) is 5.75 Å². The van der Waals surface area contributed by atoms with Crippen LogP contribution in [0.5, 0.6) is 5.75 Å². The molecular formula is C14H14INO. The van der Waals surface area contributed by atoms with Crippen LogP contribution >= 0.6 is 22.6 Å². The molecule has 0 fully saturated rings. The van der Waals surface area contributed by atoms with Gasteiger partial charge in [0, 0.05) is 12.1 Å². The van der Waals surface area contributed by atoms with E-state index in [2.05, 4.69) is 22.6 Å². The number of halogens is 1. The Kier molecular flexibility index (Phi) is 4.25. The van der Waals surface area contributed by atoms with Crippen molar-refractivity contribution >= 4 is 28.3 Å². The molecule has 0 amide bonds. The van der Waals surface area contributed by atoms with Crippen LogP contribution in [0.25, 0.3) is 0 Å². The fourth-order valence-corrected chi connectivity index (χ4v) is 2.07. The first-order valence-corrected chi connectivity index (χ1v) is 6.55. The third-order valence-corrected chi connectivity index (χ3v) is 3.36. The lowest BCUT2D eigenvalue weighted by Crippen LogP contribution is -2.02. The minimum absolute atomic E-state index is 0.684. The van der Waals surface area contributed by atoms with Crippen LogP contribution < -0.4 is 10.5 Å². The zero-order valence-electron chi connectivity index (χ0n) is 9.40. The lowest BCUT2D eigenvalue weighted by Gasteiger charge is -2.08. The maximum absolute atomic E-state index is 5.73. The normalized spacial score (nSPS) is 10.2. The molecule has 0 heterocycles. The van der Waals surface area contributed by atoms with Gasteiger partial charge in [0.15, 0.2) is 0 Å². The lowest BCUT2D eigenvalue weighted by molar-refractivity contribution is 0.320. The van der Waals surface area contributed by atoms with E-state index in [4.69, 9.17) is 10.5 Å². The van der Waals surface area contributed by atoms with Gasteiger partial charge in [-0.15, -0.1) is 0 Å². The Bertz CT molecular complexity index is 482. The van der Waals surface area contributed by atoms with Crippen LogP contribution in [-0.4, -0.2) is 6.61 Å². The SMILES string of the molecule is Nc1ccc(CCOc2ccccc2I)cc1. The Morgan fingerprint density at radius 1 is 1.00 bits per heavy atom. The summed E-state index contributed by atoms with van der Waals surface area (Å²) in [4.78, 5) is 0. The van der Waals surface area contributed by atoms with Crippen molar-refractivity contribution < 1.29 is 4.74 Å². The van der Waals surface area contributed by atoms with Gasteiger partial charge >= 0.3 is 0 Å². The second-order valence-electron chi connectivity index (χ2n) is 3.77. The van der Waals surface area contributed by atoms with Crippen LogP contribution in [0.1, 0.15) is 5.56 Å². The molecule has 17 heavy (non-hydrogen) atoms. The predicted molar refractivity (Wildman–Crippen MR) is 79.2 cm³/mol. The average molecular weight is 339 g/mol. The topological polar surface area (TPSA) is 35.2 Å². The zero-order chi connectivity index (χ0) is 12.1. The molecular weight excluding hydrogens is 325 g/mol. The Morgan fingerprint density at radius 2 is 1.71 bits per heavy atom. The third kappa shape index (κ3) is 3.63. The minimum atomic E-state index is 0.684. The Morgan fingerprint density at radius 3 is 2.41 bits per heavy atom.